The lowest BCUT2D eigenvalue weighted by Gasteiger charge is -2.45. The molecule has 29 heavy (non-hydrogen) atoms. The van der Waals surface area contributed by atoms with E-state index in [-0.39, 0.29) is 16.9 Å². The summed E-state index contributed by atoms with van der Waals surface area (Å²) in [7, 11) is 2.02. The van der Waals surface area contributed by atoms with Gasteiger partial charge < -0.3 is 4.90 Å². The molecule has 3 heterocycles. The number of aromatic nitrogens is 2. The van der Waals surface area contributed by atoms with Gasteiger partial charge in [-0.3, -0.25) is 4.79 Å². The molecule has 4 aromatic rings. The molecule has 0 saturated heterocycles. The highest BCUT2D eigenvalue weighted by Crippen LogP contribution is 2.43. The van der Waals surface area contributed by atoms with Gasteiger partial charge in [-0.25, -0.2) is 13.8 Å². The van der Waals surface area contributed by atoms with Gasteiger partial charge in [-0.15, -0.1) is 0 Å². The van der Waals surface area contributed by atoms with Crippen molar-refractivity contribution in [3.63, 3.8) is 0 Å². The molecule has 2 aromatic carbocycles. The molecule has 6 heteroatoms. The Balaban J connectivity index is 1.70. The molecule has 1 aliphatic heterocycles. The number of thiazole rings is 1. The third-order valence-electron chi connectivity index (χ3n) is 6.18. The van der Waals surface area contributed by atoms with E-state index in [9.17, 15) is 4.79 Å². The zero-order valence-electron chi connectivity index (χ0n) is 16.9. The first-order valence-corrected chi connectivity index (χ1v) is 10.6. The molecule has 1 unspecified atom stereocenters. The maximum Gasteiger partial charge on any atom is 0.274 e. The second-order valence-corrected chi connectivity index (χ2v) is 9.55. The number of fused-ring (bicyclic) bond motifs is 4. The number of halogens is 1. The van der Waals surface area contributed by atoms with Crippen molar-refractivity contribution in [1.82, 2.24) is 9.38 Å². The lowest BCUT2D eigenvalue weighted by atomic mass is 9.80. The van der Waals surface area contributed by atoms with E-state index in [2.05, 4.69) is 30.7 Å². The highest BCUT2D eigenvalue weighted by Gasteiger charge is 2.34. The van der Waals surface area contributed by atoms with Crippen LogP contribution in [0.15, 0.2) is 41.2 Å². The standard InChI is InChI=1S/C23H22FN3OS/c1-13-12-23(2,3)26(4)19-11-16(24)14(9-15(13)19)10-20-21(28)27-18-8-6-5-7-17(18)25-22(27)29-20/h5-11,13H,12H2,1-4H3/b20-10+. The summed E-state index contributed by atoms with van der Waals surface area (Å²) in [6.45, 7) is 6.54. The first kappa shape index (κ1) is 18.3. The molecule has 148 valence electrons. The molecule has 0 fully saturated rings. The highest BCUT2D eigenvalue weighted by molar-refractivity contribution is 7.15. The Morgan fingerprint density at radius 3 is 2.83 bits per heavy atom. The predicted octanol–water partition coefficient (Wildman–Crippen LogP) is 4.32. The first-order valence-electron chi connectivity index (χ1n) is 9.75. The summed E-state index contributed by atoms with van der Waals surface area (Å²) in [5.74, 6) is 0.0102. The van der Waals surface area contributed by atoms with Crippen molar-refractivity contribution in [2.45, 2.75) is 38.6 Å². The van der Waals surface area contributed by atoms with Crippen molar-refractivity contribution >= 4 is 39.1 Å². The molecule has 1 aliphatic rings. The number of imidazole rings is 1. The normalized spacial score (nSPS) is 19.3. The van der Waals surface area contributed by atoms with Crippen LogP contribution in [0.2, 0.25) is 0 Å². The Kier molecular flexibility index (Phi) is 3.87. The smallest absolute Gasteiger partial charge is 0.274 e. The number of para-hydroxylation sites is 2. The van der Waals surface area contributed by atoms with Crippen molar-refractivity contribution < 1.29 is 4.39 Å². The van der Waals surface area contributed by atoms with Gasteiger partial charge in [-0.1, -0.05) is 30.4 Å². The van der Waals surface area contributed by atoms with E-state index in [0.717, 1.165) is 28.7 Å². The van der Waals surface area contributed by atoms with Crippen LogP contribution in [-0.2, 0) is 0 Å². The molecule has 0 saturated carbocycles. The number of benzene rings is 2. The van der Waals surface area contributed by atoms with Gasteiger partial charge in [0.25, 0.3) is 5.56 Å². The number of hydrogen-bond donors (Lipinski definition) is 0. The maximum absolute atomic E-state index is 15.0. The van der Waals surface area contributed by atoms with Crippen LogP contribution >= 0.6 is 11.3 Å². The minimum Gasteiger partial charge on any atom is -0.369 e. The summed E-state index contributed by atoms with van der Waals surface area (Å²) >= 11 is 1.30. The van der Waals surface area contributed by atoms with E-state index < -0.39 is 0 Å². The van der Waals surface area contributed by atoms with Gasteiger partial charge in [0.15, 0.2) is 4.96 Å². The topological polar surface area (TPSA) is 37.6 Å². The average molecular weight is 408 g/mol. The van der Waals surface area contributed by atoms with Gasteiger partial charge in [0.1, 0.15) is 5.82 Å². The Labute approximate surface area is 171 Å². The van der Waals surface area contributed by atoms with Gasteiger partial charge in [-0.2, -0.15) is 0 Å². The van der Waals surface area contributed by atoms with Crippen LogP contribution in [0.4, 0.5) is 10.1 Å². The van der Waals surface area contributed by atoms with Gasteiger partial charge in [0.05, 0.1) is 15.6 Å². The van der Waals surface area contributed by atoms with E-state index >= 15 is 4.39 Å². The van der Waals surface area contributed by atoms with Crippen LogP contribution in [0.3, 0.4) is 0 Å². The van der Waals surface area contributed by atoms with Crippen molar-refractivity contribution in [2.75, 3.05) is 11.9 Å². The van der Waals surface area contributed by atoms with Crippen molar-refractivity contribution in [2.24, 2.45) is 0 Å². The Morgan fingerprint density at radius 1 is 1.28 bits per heavy atom. The highest BCUT2D eigenvalue weighted by atomic mass is 32.1. The van der Waals surface area contributed by atoms with Crippen LogP contribution in [0.1, 0.15) is 44.2 Å². The van der Waals surface area contributed by atoms with Gasteiger partial charge >= 0.3 is 0 Å². The van der Waals surface area contributed by atoms with E-state index in [1.54, 1.807) is 16.5 Å². The molecule has 1 atom stereocenters. The maximum atomic E-state index is 15.0. The number of rotatable bonds is 1. The summed E-state index contributed by atoms with van der Waals surface area (Å²) in [6, 6.07) is 11.1. The molecule has 0 amide bonds. The molecular weight excluding hydrogens is 385 g/mol. The van der Waals surface area contributed by atoms with E-state index in [4.69, 9.17) is 0 Å². The number of anilines is 1. The summed E-state index contributed by atoms with van der Waals surface area (Å²) in [6.07, 6.45) is 2.66. The fraction of sp³-hybridized carbons (Fsp3) is 0.304. The van der Waals surface area contributed by atoms with Gasteiger partial charge in [-0.05, 0) is 62.1 Å². The van der Waals surface area contributed by atoms with Gasteiger partial charge in [0.2, 0.25) is 0 Å². The van der Waals surface area contributed by atoms with Crippen LogP contribution in [-0.4, -0.2) is 22.0 Å². The first-order chi connectivity index (χ1) is 13.8. The lowest BCUT2D eigenvalue weighted by molar-refractivity contribution is 0.394. The summed E-state index contributed by atoms with van der Waals surface area (Å²) in [5, 5.41) is 0. The lowest BCUT2D eigenvalue weighted by Crippen LogP contribution is -2.45. The predicted molar refractivity (Wildman–Crippen MR) is 118 cm³/mol. The number of nitrogens with zero attached hydrogens (tertiary/aromatic N) is 3. The summed E-state index contributed by atoms with van der Waals surface area (Å²) in [5.41, 5.74) is 3.91. The number of hydrogen-bond acceptors (Lipinski definition) is 4. The van der Waals surface area contributed by atoms with Crippen LogP contribution in [0.5, 0.6) is 0 Å². The zero-order chi connectivity index (χ0) is 20.5. The minimum absolute atomic E-state index is 0.0215. The Bertz CT molecular complexity index is 1380. The third-order valence-corrected chi connectivity index (χ3v) is 7.15. The average Bonchev–Trinajstić information content (AvgIpc) is 3.17. The van der Waals surface area contributed by atoms with Gasteiger partial charge in [0, 0.05) is 23.8 Å². The molecular formula is C23H22FN3OS. The van der Waals surface area contributed by atoms with Crippen LogP contribution < -0.4 is 15.0 Å². The van der Waals surface area contributed by atoms with Crippen molar-refractivity contribution in [1.29, 1.82) is 0 Å². The fourth-order valence-electron chi connectivity index (χ4n) is 4.47. The molecule has 0 N–H and O–H groups in total. The fourth-order valence-corrected chi connectivity index (χ4v) is 5.45. The van der Waals surface area contributed by atoms with Crippen LogP contribution in [0.25, 0.3) is 22.1 Å². The van der Waals surface area contributed by atoms with E-state index in [0.29, 0.717) is 21.0 Å². The third kappa shape index (κ3) is 2.69. The largest absolute Gasteiger partial charge is 0.369 e. The molecule has 5 rings (SSSR count). The molecule has 0 bridgehead atoms. The second kappa shape index (κ2) is 6.13. The zero-order valence-corrected chi connectivity index (χ0v) is 17.7. The Morgan fingerprint density at radius 2 is 2.03 bits per heavy atom. The SMILES string of the molecule is CC1CC(C)(C)N(C)c2cc(F)c(/C=c3/sc4nc5ccccc5n4c3=O)cc21. The molecule has 0 radical (unpaired) electrons. The molecule has 0 spiro atoms. The molecule has 4 nitrogen and oxygen atoms in total. The van der Waals surface area contributed by atoms with Crippen LogP contribution in [0, 0.1) is 5.82 Å². The monoisotopic (exact) mass is 407 g/mol. The van der Waals surface area contributed by atoms with Crippen molar-refractivity contribution in [3.05, 3.63) is 68.2 Å². The Hall–Kier alpha value is -2.73. The quantitative estimate of drug-likeness (QED) is 0.472. The van der Waals surface area contributed by atoms with E-state index in [1.165, 1.54) is 11.3 Å². The van der Waals surface area contributed by atoms with E-state index in [1.807, 2.05) is 37.4 Å². The molecule has 0 aliphatic carbocycles. The van der Waals surface area contributed by atoms with Crippen molar-refractivity contribution in [3.8, 4) is 0 Å². The minimum atomic E-state index is -0.309. The molecule has 2 aromatic heterocycles. The second-order valence-electron chi connectivity index (χ2n) is 8.54. The summed E-state index contributed by atoms with van der Waals surface area (Å²) < 4.78 is 17.1. The summed E-state index contributed by atoms with van der Waals surface area (Å²) in [4.78, 5) is 20.3.